The molecule has 0 radical (unpaired) electrons. The summed E-state index contributed by atoms with van der Waals surface area (Å²) in [6.45, 7) is 6.53. The van der Waals surface area contributed by atoms with Crippen LogP contribution in [0, 0.1) is 0 Å². The lowest BCUT2D eigenvalue weighted by atomic mass is 10.2. The highest BCUT2D eigenvalue weighted by Gasteiger charge is 2.20. The number of carbonyl (C=O) groups excluding carboxylic acids is 1. The van der Waals surface area contributed by atoms with Gasteiger partial charge in [0.05, 0.1) is 11.8 Å². The highest BCUT2D eigenvalue weighted by atomic mass is 32.2. The zero-order valence-corrected chi connectivity index (χ0v) is 15.9. The average Bonchev–Trinajstić information content (AvgIpc) is 3.09. The predicted molar refractivity (Wildman–Crippen MR) is 107 cm³/mol. The lowest BCUT2D eigenvalue weighted by Gasteiger charge is -2.13. The number of pyridine rings is 1. The van der Waals surface area contributed by atoms with E-state index in [1.165, 1.54) is 11.8 Å². The van der Waals surface area contributed by atoms with E-state index in [2.05, 4.69) is 39.2 Å². The maximum atomic E-state index is 12.2. The molecule has 1 aromatic carbocycles. The fraction of sp³-hybridized carbons (Fsp3) is 0.200. The zero-order valence-electron chi connectivity index (χ0n) is 15.1. The van der Waals surface area contributed by atoms with Gasteiger partial charge in [-0.05, 0) is 24.6 Å². The average molecular weight is 379 g/mol. The molecule has 0 saturated heterocycles. The molecule has 1 atom stereocenters. The summed E-state index contributed by atoms with van der Waals surface area (Å²) in [5.41, 5.74) is 2.02. The summed E-state index contributed by atoms with van der Waals surface area (Å²) in [7, 11) is 0. The molecule has 0 aliphatic carbocycles. The topological polar surface area (TPSA) is 72.7 Å². The minimum atomic E-state index is -0.301. The first-order valence-corrected chi connectivity index (χ1v) is 9.49. The van der Waals surface area contributed by atoms with E-state index in [1.54, 1.807) is 18.5 Å². The summed E-state index contributed by atoms with van der Waals surface area (Å²) >= 11 is 1.39. The third kappa shape index (κ3) is 4.83. The number of nitrogens with zero attached hydrogens (tertiary/aromatic N) is 4. The Morgan fingerprint density at radius 3 is 2.78 bits per heavy atom. The smallest absolute Gasteiger partial charge is 0.233 e. The molecule has 0 unspecified atom stereocenters. The number of hydrogen-bond donors (Lipinski definition) is 1. The summed E-state index contributed by atoms with van der Waals surface area (Å²) in [6, 6.07) is 13.9. The highest BCUT2D eigenvalue weighted by Crippen LogP contribution is 2.27. The number of thioether (sulfide) groups is 1. The Morgan fingerprint density at radius 1 is 1.26 bits per heavy atom. The molecule has 2 heterocycles. The van der Waals surface area contributed by atoms with Crippen LogP contribution in [0.2, 0.25) is 0 Å². The molecule has 1 amide bonds. The summed E-state index contributed by atoms with van der Waals surface area (Å²) in [5.74, 6) is 0.672. The number of hydrogen-bond acceptors (Lipinski definition) is 5. The molecular formula is C20H21N5OS. The van der Waals surface area contributed by atoms with Crippen LogP contribution in [-0.4, -0.2) is 37.5 Å². The first-order chi connectivity index (χ1) is 13.2. The number of nitrogens with one attached hydrogen (secondary N) is 1. The molecule has 3 aromatic rings. The van der Waals surface area contributed by atoms with Gasteiger partial charge in [-0.3, -0.25) is 14.3 Å². The normalized spacial score (nSPS) is 11.7. The van der Waals surface area contributed by atoms with E-state index >= 15 is 0 Å². The predicted octanol–water partition coefficient (Wildman–Crippen LogP) is 3.17. The molecule has 0 bridgehead atoms. The van der Waals surface area contributed by atoms with Gasteiger partial charge in [0.1, 0.15) is 0 Å². The summed E-state index contributed by atoms with van der Waals surface area (Å²) in [4.78, 5) is 16.4. The first kappa shape index (κ1) is 18.8. The molecule has 0 aliphatic rings. The standard InChI is InChI=1S/C20H21N5OS/c1-3-11-22-19(26)15(2)27-20-24-23-18(17-10-7-12-21-13-17)25(20)14-16-8-5-4-6-9-16/h3-10,12-13,15H,1,11,14H2,2H3,(H,22,26)/t15-/m0/s1. The van der Waals surface area contributed by atoms with E-state index in [9.17, 15) is 4.79 Å². The van der Waals surface area contributed by atoms with Gasteiger partial charge in [0, 0.05) is 24.5 Å². The van der Waals surface area contributed by atoms with Gasteiger partial charge in [-0.25, -0.2) is 0 Å². The minimum Gasteiger partial charge on any atom is -0.352 e. The molecule has 0 saturated carbocycles. The molecule has 0 aliphatic heterocycles. The Labute approximate surface area is 162 Å². The number of amides is 1. The second kappa shape index (κ2) is 9.14. The molecule has 2 aromatic heterocycles. The number of rotatable bonds is 8. The van der Waals surface area contributed by atoms with Crippen molar-refractivity contribution in [3.05, 3.63) is 73.1 Å². The van der Waals surface area contributed by atoms with Crippen LogP contribution >= 0.6 is 11.8 Å². The highest BCUT2D eigenvalue weighted by molar-refractivity contribution is 8.00. The largest absolute Gasteiger partial charge is 0.352 e. The van der Waals surface area contributed by atoms with Gasteiger partial charge >= 0.3 is 0 Å². The van der Waals surface area contributed by atoms with Crippen molar-refractivity contribution in [1.29, 1.82) is 0 Å². The van der Waals surface area contributed by atoms with Gasteiger partial charge in [0.15, 0.2) is 11.0 Å². The van der Waals surface area contributed by atoms with Crippen molar-refractivity contribution in [2.75, 3.05) is 6.54 Å². The Kier molecular flexibility index (Phi) is 6.38. The van der Waals surface area contributed by atoms with Crippen LogP contribution in [0.15, 0.2) is 72.7 Å². The zero-order chi connectivity index (χ0) is 19.1. The molecule has 1 N–H and O–H groups in total. The number of carbonyl (C=O) groups is 1. The van der Waals surface area contributed by atoms with E-state index < -0.39 is 0 Å². The summed E-state index contributed by atoms with van der Waals surface area (Å²) in [5, 5.41) is 11.9. The van der Waals surface area contributed by atoms with Crippen LogP contribution in [0.25, 0.3) is 11.4 Å². The lowest BCUT2D eigenvalue weighted by molar-refractivity contribution is -0.120. The minimum absolute atomic E-state index is 0.0583. The van der Waals surface area contributed by atoms with Crippen molar-refractivity contribution in [3.8, 4) is 11.4 Å². The van der Waals surface area contributed by atoms with E-state index in [4.69, 9.17) is 0 Å². The monoisotopic (exact) mass is 379 g/mol. The third-order valence-electron chi connectivity index (χ3n) is 3.89. The van der Waals surface area contributed by atoms with Crippen molar-refractivity contribution in [2.45, 2.75) is 23.9 Å². The maximum absolute atomic E-state index is 12.2. The lowest BCUT2D eigenvalue weighted by Crippen LogP contribution is -2.31. The second-order valence-corrected chi connectivity index (χ2v) is 7.22. The van der Waals surface area contributed by atoms with E-state index in [0.29, 0.717) is 18.2 Å². The van der Waals surface area contributed by atoms with E-state index in [0.717, 1.165) is 17.0 Å². The van der Waals surface area contributed by atoms with Crippen molar-refractivity contribution < 1.29 is 4.79 Å². The summed E-state index contributed by atoms with van der Waals surface area (Å²) in [6.07, 6.45) is 5.15. The van der Waals surface area contributed by atoms with Gasteiger partial charge < -0.3 is 5.32 Å². The molecule has 0 fully saturated rings. The van der Waals surface area contributed by atoms with Crippen LogP contribution in [-0.2, 0) is 11.3 Å². The van der Waals surface area contributed by atoms with Crippen LogP contribution in [0.4, 0.5) is 0 Å². The quantitative estimate of drug-likeness (QED) is 0.481. The van der Waals surface area contributed by atoms with Crippen LogP contribution in [0.1, 0.15) is 12.5 Å². The number of aromatic nitrogens is 4. The van der Waals surface area contributed by atoms with Gasteiger partial charge in [-0.1, -0.05) is 48.2 Å². The Hall–Kier alpha value is -2.93. The van der Waals surface area contributed by atoms with Crippen molar-refractivity contribution >= 4 is 17.7 Å². The van der Waals surface area contributed by atoms with Gasteiger partial charge in [0.2, 0.25) is 5.91 Å². The fourth-order valence-corrected chi connectivity index (χ4v) is 3.39. The first-order valence-electron chi connectivity index (χ1n) is 8.62. The van der Waals surface area contributed by atoms with E-state index in [-0.39, 0.29) is 11.2 Å². The SMILES string of the molecule is C=CCNC(=O)[C@H](C)Sc1nnc(-c2cccnc2)n1Cc1ccccc1. The van der Waals surface area contributed by atoms with Crippen molar-refractivity contribution in [1.82, 2.24) is 25.1 Å². The van der Waals surface area contributed by atoms with Gasteiger partial charge in [0.25, 0.3) is 0 Å². The van der Waals surface area contributed by atoms with Gasteiger partial charge in [-0.15, -0.1) is 16.8 Å². The molecule has 6 nitrogen and oxygen atoms in total. The summed E-state index contributed by atoms with van der Waals surface area (Å²) < 4.78 is 2.02. The number of benzene rings is 1. The second-order valence-electron chi connectivity index (χ2n) is 5.91. The van der Waals surface area contributed by atoms with Crippen LogP contribution in [0.3, 0.4) is 0 Å². The Morgan fingerprint density at radius 2 is 2.07 bits per heavy atom. The molecule has 27 heavy (non-hydrogen) atoms. The van der Waals surface area contributed by atoms with Crippen LogP contribution < -0.4 is 5.32 Å². The fourth-order valence-electron chi connectivity index (χ4n) is 2.52. The van der Waals surface area contributed by atoms with Crippen molar-refractivity contribution in [2.24, 2.45) is 0 Å². The molecule has 0 spiro atoms. The maximum Gasteiger partial charge on any atom is 0.233 e. The molecule has 3 rings (SSSR count). The van der Waals surface area contributed by atoms with Crippen LogP contribution in [0.5, 0.6) is 0 Å². The Bertz CT molecular complexity index is 895. The molecule has 7 heteroatoms. The van der Waals surface area contributed by atoms with Crippen molar-refractivity contribution in [3.63, 3.8) is 0 Å². The van der Waals surface area contributed by atoms with E-state index in [1.807, 2.05) is 41.8 Å². The van der Waals surface area contributed by atoms with Gasteiger partial charge in [-0.2, -0.15) is 0 Å². The third-order valence-corrected chi connectivity index (χ3v) is 4.97. The Balaban J connectivity index is 1.90. The molecular weight excluding hydrogens is 358 g/mol. The molecule has 138 valence electrons.